The second-order valence-corrected chi connectivity index (χ2v) is 5.94. The monoisotopic (exact) mass is 317 g/mol. The van der Waals surface area contributed by atoms with E-state index < -0.39 is 6.10 Å². The third kappa shape index (κ3) is 4.06. The van der Waals surface area contributed by atoms with Crippen LogP contribution in [0.3, 0.4) is 0 Å². The van der Waals surface area contributed by atoms with Gasteiger partial charge in [-0.1, -0.05) is 0 Å². The van der Waals surface area contributed by atoms with E-state index in [-0.39, 0.29) is 18.0 Å². The Balaban J connectivity index is 2.05. The lowest BCUT2D eigenvalue weighted by Crippen LogP contribution is -2.47. The first kappa shape index (κ1) is 16.9. The fraction of sp³-hybridized carbons (Fsp3) is 0.500. The van der Waals surface area contributed by atoms with Gasteiger partial charge < -0.3 is 9.64 Å². The maximum Gasteiger partial charge on any atom is 0.263 e. The summed E-state index contributed by atoms with van der Waals surface area (Å²) in [6, 6.07) is 7.55. The molecule has 0 aliphatic heterocycles. The van der Waals surface area contributed by atoms with Gasteiger partial charge in [-0.15, -0.1) is 5.10 Å². The van der Waals surface area contributed by atoms with Gasteiger partial charge >= 0.3 is 0 Å². The van der Waals surface area contributed by atoms with Crippen molar-refractivity contribution >= 4 is 5.91 Å². The Hall–Kier alpha value is -2.44. The van der Waals surface area contributed by atoms with E-state index in [1.807, 2.05) is 44.7 Å². The van der Waals surface area contributed by atoms with Crippen molar-refractivity contribution in [1.82, 2.24) is 25.1 Å². The number of aromatic nitrogens is 4. The van der Waals surface area contributed by atoms with Crippen molar-refractivity contribution in [2.75, 3.05) is 0 Å². The topological polar surface area (TPSA) is 73.1 Å². The maximum absolute atomic E-state index is 12.6. The van der Waals surface area contributed by atoms with E-state index in [0.29, 0.717) is 5.75 Å². The summed E-state index contributed by atoms with van der Waals surface area (Å²) < 4.78 is 7.33. The van der Waals surface area contributed by atoms with E-state index in [2.05, 4.69) is 15.5 Å². The molecule has 124 valence electrons. The number of benzene rings is 1. The highest BCUT2D eigenvalue weighted by atomic mass is 16.5. The summed E-state index contributed by atoms with van der Waals surface area (Å²) in [4.78, 5) is 14.4. The highest BCUT2D eigenvalue weighted by Crippen LogP contribution is 2.17. The summed E-state index contributed by atoms with van der Waals surface area (Å²) in [5, 5.41) is 11.0. The second-order valence-electron chi connectivity index (χ2n) is 5.94. The standard InChI is InChI=1S/C16H23N5O2/c1-11(2)21(12(3)4)16(22)13(5)23-15-8-6-14(7-9-15)20-10-17-18-19-20/h6-13H,1-5H3/t13-/m1/s1. The summed E-state index contributed by atoms with van der Waals surface area (Å²) in [5.41, 5.74) is 0.826. The van der Waals surface area contributed by atoms with Crippen molar-refractivity contribution in [1.29, 1.82) is 0 Å². The number of nitrogens with zero attached hydrogens (tertiary/aromatic N) is 5. The van der Waals surface area contributed by atoms with Crippen LogP contribution < -0.4 is 4.74 Å². The normalized spacial score (nSPS) is 12.5. The molecule has 0 N–H and O–H groups in total. The Kier molecular flexibility index (Phi) is 5.31. The molecule has 0 unspecified atom stereocenters. The fourth-order valence-corrected chi connectivity index (χ4v) is 2.53. The highest BCUT2D eigenvalue weighted by molar-refractivity contribution is 5.81. The van der Waals surface area contributed by atoms with E-state index in [1.165, 1.54) is 6.33 Å². The van der Waals surface area contributed by atoms with Crippen molar-refractivity contribution in [3.63, 3.8) is 0 Å². The van der Waals surface area contributed by atoms with E-state index in [0.717, 1.165) is 5.69 Å². The van der Waals surface area contributed by atoms with Crippen molar-refractivity contribution in [3.8, 4) is 11.4 Å². The van der Waals surface area contributed by atoms with Crippen LogP contribution in [0.1, 0.15) is 34.6 Å². The fourth-order valence-electron chi connectivity index (χ4n) is 2.53. The van der Waals surface area contributed by atoms with Gasteiger partial charge in [-0.25, -0.2) is 4.68 Å². The van der Waals surface area contributed by atoms with Gasteiger partial charge in [0.15, 0.2) is 6.10 Å². The molecule has 1 heterocycles. The molecule has 2 rings (SSSR count). The number of hydrogen-bond acceptors (Lipinski definition) is 5. The van der Waals surface area contributed by atoms with Crippen LogP contribution in [0.5, 0.6) is 5.75 Å². The molecule has 0 aliphatic carbocycles. The number of tetrazole rings is 1. The van der Waals surface area contributed by atoms with Crippen LogP contribution in [-0.2, 0) is 4.79 Å². The maximum atomic E-state index is 12.6. The van der Waals surface area contributed by atoms with Gasteiger partial charge in [-0.3, -0.25) is 4.79 Å². The Morgan fingerprint density at radius 2 is 1.70 bits per heavy atom. The molecule has 0 radical (unpaired) electrons. The summed E-state index contributed by atoms with van der Waals surface area (Å²) in [6.45, 7) is 9.80. The minimum atomic E-state index is -0.543. The van der Waals surface area contributed by atoms with Crippen molar-refractivity contribution in [3.05, 3.63) is 30.6 Å². The van der Waals surface area contributed by atoms with Crippen LogP contribution in [0.4, 0.5) is 0 Å². The van der Waals surface area contributed by atoms with Crippen LogP contribution in [0.15, 0.2) is 30.6 Å². The Morgan fingerprint density at radius 1 is 1.09 bits per heavy atom. The number of amides is 1. The first-order valence-corrected chi connectivity index (χ1v) is 7.72. The molecule has 0 spiro atoms. The predicted octanol–water partition coefficient (Wildman–Crippen LogP) is 2.07. The van der Waals surface area contributed by atoms with Crippen molar-refractivity contribution < 1.29 is 9.53 Å². The molecule has 1 aromatic heterocycles. The molecule has 0 bridgehead atoms. The number of carbonyl (C=O) groups excluding carboxylic acids is 1. The molecular formula is C16H23N5O2. The molecule has 1 atom stereocenters. The Bertz CT molecular complexity index is 614. The van der Waals surface area contributed by atoms with Crippen molar-refractivity contribution in [2.45, 2.75) is 52.8 Å². The number of carbonyl (C=O) groups is 1. The van der Waals surface area contributed by atoms with Gasteiger partial charge in [-0.2, -0.15) is 0 Å². The van der Waals surface area contributed by atoms with E-state index in [1.54, 1.807) is 23.7 Å². The summed E-state index contributed by atoms with van der Waals surface area (Å²) in [5.74, 6) is 0.620. The molecule has 0 fully saturated rings. The Labute approximate surface area is 136 Å². The minimum absolute atomic E-state index is 0.0143. The quantitative estimate of drug-likeness (QED) is 0.815. The average molecular weight is 317 g/mol. The molecular weight excluding hydrogens is 294 g/mol. The van der Waals surface area contributed by atoms with Crippen molar-refractivity contribution in [2.24, 2.45) is 0 Å². The van der Waals surface area contributed by atoms with Gasteiger partial charge in [0, 0.05) is 12.1 Å². The van der Waals surface area contributed by atoms with Gasteiger partial charge in [0.05, 0.1) is 5.69 Å². The third-order valence-electron chi connectivity index (χ3n) is 3.48. The zero-order valence-corrected chi connectivity index (χ0v) is 14.2. The van der Waals surface area contributed by atoms with E-state index in [4.69, 9.17) is 4.74 Å². The molecule has 1 amide bonds. The Morgan fingerprint density at radius 3 is 2.17 bits per heavy atom. The lowest BCUT2D eigenvalue weighted by atomic mass is 10.2. The molecule has 7 heteroatoms. The summed E-state index contributed by atoms with van der Waals surface area (Å²) >= 11 is 0. The second kappa shape index (κ2) is 7.21. The average Bonchev–Trinajstić information content (AvgIpc) is 3.01. The number of rotatable bonds is 6. The molecule has 0 saturated carbocycles. The van der Waals surface area contributed by atoms with Gasteiger partial charge in [-0.05, 0) is 69.3 Å². The first-order valence-electron chi connectivity index (χ1n) is 7.72. The smallest absolute Gasteiger partial charge is 0.263 e. The largest absolute Gasteiger partial charge is 0.481 e. The van der Waals surface area contributed by atoms with Crippen LogP contribution in [0.25, 0.3) is 5.69 Å². The number of ether oxygens (including phenoxy) is 1. The SMILES string of the molecule is CC(C)N(C(=O)[C@@H](C)Oc1ccc(-n2cnnn2)cc1)C(C)C. The van der Waals surface area contributed by atoms with Gasteiger partial charge in [0.25, 0.3) is 5.91 Å². The van der Waals surface area contributed by atoms with Gasteiger partial charge in [0.1, 0.15) is 12.1 Å². The van der Waals surface area contributed by atoms with Crippen LogP contribution in [0.2, 0.25) is 0 Å². The lowest BCUT2D eigenvalue weighted by molar-refractivity contribution is -0.141. The summed E-state index contributed by atoms with van der Waals surface area (Å²) in [6.07, 6.45) is 0.976. The minimum Gasteiger partial charge on any atom is -0.481 e. The van der Waals surface area contributed by atoms with Gasteiger partial charge in [0.2, 0.25) is 0 Å². The molecule has 0 aliphatic rings. The van der Waals surface area contributed by atoms with Crippen LogP contribution >= 0.6 is 0 Å². The predicted molar refractivity (Wildman–Crippen MR) is 86.4 cm³/mol. The molecule has 0 saturated heterocycles. The molecule has 1 aromatic carbocycles. The molecule has 23 heavy (non-hydrogen) atoms. The highest BCUT2D eigenvalue weighted by Gasteiger charge is 2.26. The molecule has 2 aromatic rings. The third-order valence-corrected chi connectivity index (χ3v) is 3.48. The van der Waals surface area contributed by atoms with E-state index >= 15 is 0 Å². The lowest BCUT2D eigenvalue weighted by Gasteiger charge is -2.33. The first-order chi connectivity index (χ1) is 10.9. The van der Waals surface area contributed by atoms with E-state index in [9.17, 15) is 4.79 Å². The zero-order valence-electron chi connectivity index (χ0n) is 14.2. The number of hydrogen-bond donors (Lipinski definition) is 0. The van der Waals surface area contributed by atoms with Crippen LogP contribution in [0, 0.1) is 0 Å². The summed E-state index contributed by atoms with van der Waals surface area (Å²) in [7, 11) is 0. The molecule has 7 nitrogen and oxygen atoms in total. The van der Waals surface area contributed by atoms with Crippen LogP contribution in [-0.4, -0.2) is 49.2 Å². The zero-order chi connectivity index (χ0) is 17.0.